The van der Waals surface area contributed by atoms with Gasteiger partial charge in [0.15, 0.2) is 11.6 Å². The number of hydrogen-bond donors (Lipinski definition) is 1. The normalized spacial score (nSPS) is 10.4. The molecule has 3 heteroatoms. The summed E-state index contributed by atoms with van der Waals surface area (Å²) in [5.41, 5.74) is 2.50. The van der Waals surface area contributed by atoms with Crippen molar-refractivity contribution in [2.75, 3.05) is 0 Å². The van der Waals surface area contributed by atoms with Gasteiger partial charge in [-0.15, -0.1) is 0 Å². The van der Waals surface area contributed by atoms with Gasteiger partial charge in [-0.3, -0.25) is 0 Å². The summed E-state index contributed by atoms with van der Waals surface area (Å²) in [6.07, 6.45) is 0. The first-order chi connectivity index (χ1) is 7.58. The predicted molar refractivity (Wildman–Crippen MR) is 63.2 cm³/mol. The van der Waals surface area contributed by atoms with Crippen molar-refractivity contribution in [3.8, 4) is 16.9 Å². The number of aryl methyl sites for hydroxylation is 1. The second-order valence-corrected chi connectivity index (χ2v) is 4.04. The maximum atomic E-state index is 13.2. The molecule has 0 spiro atoms. The van der Waals surface area contributed by atoms with Crippen LogP contribution in [-0.2, 0) is 0 Å². The van der Waals surface area contributed by atoms with Crippen LogP contribution in [0.2, 0.25) is 5.02 Å². The van der Waals surface area contributed by atoms with Crippen LogP contribution in [0.1, 0.15) is 5.56 Å². The molecule has 0 amide bonds. The van der Waals surface area contributed by atoms with Crippen LogP contribution in [-0.4, -0.2) is 5.11 Å². The van der Waals surface area contributed by atoms with Crippen molar-refractivity contribution >= 4 is 11.6 Å². The topological polar surface area (TPSA) is 20.2 Å². The van der Waals surface area contributed by atoms with E-state index in [0.29, 0.717) is 10.6 Å². The SMILES string of the molecule is Cc1ccc(-c2ccc(O)c(F)c2)cc1Cl. The van der Waals surface area contributed by atoms with Gasteiger partial charge in [-0.2, -0.15) is 0 Å². The molecule has 0 aliphatic heterocycles. The Morgan fingerprint density at radius 2 is 1.69 bits per heavy atom. The van der Waals surface area contributed by atoms with Crippen LogP contribution in [0.3, 0.4) is 0 Å². The molecule has 82 valence electrons. The molecular formula is C13H10ClFO. The van der Waals surface area contributed by atoms with Crippen LogP contribution >= 0.6 is 11.6 Å². The van der Waals surface area contributed by atoms with E-state index in [9.17, 15) is 4.39 Å². The third-order valence-corrected chi connectivity index (χ3v) is 2.86. The van der Waals surface area contributed by atoms with E-state index in [1.54, 1.807) is 12.1 Å². The molecule has 0 saturated carbocycles. The average Bonchev–Trinajstić information content (AvgIpc) is 2.26. The number of rotatable bonds is 1. The van der Waals surface area contributed by atoms with Gasteiger partial charge in [-0.1, -0.05) is 29.8 Å². The molecule has 0 fully saturated rings. The van der Waals surface area contributed by atoms with E-state index < -0.39 is 5.82 Å². The molecular weight excluding hydrogens is 227 g/mol. The van der Waals surface area contributed by atoms with Crippen molar-refractivity contribution < 1.29 is 9.50 Å². The number of phenols is 1. The van der Waals surface area contributed by atoms with E-state index in [2.05, 4.69) is 0 Å². The van der Waals surface area contributed by atoms with Crippen molar-refractivity contribution in [3.05, 3.63) is 52.8 Å². The van der Waals surface area contributed by atoms with E-state index in [-0.39, 0.29) is 5.75 Å². The maximum Gasteiger partial charge on any atom is 0.165 e. The molecule has 0 heterocycles. The molecule has 2 rings (SSSR count). The Bertz CT molecular complexity index is 488. The van der Waals surface area contributed by atoms with Gasteiger partial charge in [0.1, 0.15) is 0 Å². The van der Waals surface area contributed by atoms with Gasteiger partial charge in [-0.05, 0) is 41.8 Å². The highest BCUT2D eigenvalue weighted by Gasteiger charge is 2.05. The predicted octanol–water partition coefficient (Wildman–Crippen LogP) is 4.16. The molecule has 0 atom stereocenters. The number of halogens is 2. The largest absolute Gasteiger partial charge is 0.505 e. The Hall–Kier alpha value is -1.54. The fourth-order valence-corrected chi connectivity index (χ4v) is 1.64. The highest BCUT2D eigenvalue weighted by atomic mass is 35.5. The zero-order valence-corrected chi connectivity index (χ0v) is 9.42. The molecule has 0 radical (unpaired) electrons. The third kappa shape index (κ3) is 2.02. The Morgan fingerprint density at radius 1 is 1.06 bits per heavy atom. The zero-order valence-electron chi connectivity index (χ0n) is 8.67. The first-order valence-corrected chi connectivity index (χ1v) is 5.21. The highest BCUT2D eigenvalue weighted by Crippen LogP contribution is 2.28. The monoisotopic (exact) mass is 236 g/mol. The molecule has 0 saturated heterocycles. The Balaban J connectivity index is 2.50. The number of aromatic hydroxyl groups is 1. The first-order valence-electron chi connectivity index (χ1n) is 4.83. The second kappa shape index (κ2) is 4.14. The molecule has 2 aromatic carbocycles. The zero-order chi connectivity index (χ0) is 11.7. The van der Waals surface area contributed by atoms with E-state index in [1.165, 1.54) is 12.1 Å². The molecule has 1 nitrogen and oxygen atoms in total. The van der Waals surface area contributed by atoms with Crippen molar-refractivity contribution in [3.63, 3.8) is 0 Å². The van der Waals surface area contributed by atoms with E-state index in [0.717, 1.165) is 11.1 Å². The fraction of sp³-hybridized carbons (Fsp3) is 0.0769. The van der Waals surface area contributed by atoms with Gasteiger partial charge in [0, 0.05) is 5.02 Å². The summed E-state index contributed by atoms with van der Waals surface area (Å²) in [6, 6.07) is 9.80. The summed E-state index contributed by atoms with van der Waals surface area (Å²) in [6.45, 7) is 1.91. The Morgan fingerprint density at radius 3 is 2.31 bits per heavy atom. The van der Waals surface area contributed by atoms with E-state index in [1.807, 2.05) is 19.1 Å². The van der Waals surface area contributed by atoms with Crippen LogP contribution in [0.15, 0.2) is 36.4 Å². The number of hydrogen-bond acceptors (Lipinski definition) is 1. The van der Waals surface area contributed by atoms with Gasteiger partial charge in [-0.25, -0.2) is 4.39 Å². The summed E-state index contributed by atoms with van der Waals surface area (Å²) < 4.78 is 13.2. The third-order valence-electron chi connectivity index (χ3n) is 2.45. The van der Waals surface area contributed by atoms with Gasteiger partial charge in [0.05, 0.1) is 0 Å². The maximum absolute atomic E-state index is 13.2. The number of benzene rings is 2. The average molecular weight is 237 g/mol. The van der Waals surface area contributed by atoms with Crippen LogP contribution < -0.4 is 0 Å². The van der Waals surface area contributed by atoms with Crippen molar-refractivity contribution in [1.82, 2.24) is 0 Å². The van der Waals surface area contributed by atoms with Crippen molar-refractivity contribution in [2.45, 2.75) is 6.92 Å². The first kappa shape index (κ1) is 11.0. The summed E-state index contributed by atoms with van der Waals surface area (Å²) >= 11 is 5.99. The van der Waals surface area contributed by atoms with Crippen LogP contribution in [0.5, 0.6) is 5.75 Å². The molecule has 0 bridgehead atoms. The minimum absolute atomic E-state index is 0.345. The van der Waals surface area contributed by atoms with Crippen LogP contribution in [0, 0.1) is 12.7 Å². The van der Waals surface area contributed by atoms with Crippen molar-refractivity contribution in [2.24, 2.45) is 0 Å². The highest BCUT2D eigenvalue weighted by molar-refractivity contribution is 6.31. The van der Waals surface area contributed by atoms with Gasteiger partial charge in [0.25, 0.3) is 0 Å². The lowest BCUT2D eigenvalue weighted by Crippen LogP contribution is -1.83. The lowest BCUT2D eigenvalue weighted by atomic mass is 10.0. The van der Waals surface area contributed by atoms with Crippen LogP contribution in [0.4, 0.5) is 4.39 Å². The van der Waals surface area contributed by atoms with Gasteiger partial charge < -0.3 is 5.11 Å². The molecule has 0 unspecified atom stereocenters. The molecule has 0 aliphatic carbocycles. The van der Waals surface area contributed by atoms with Crippen molar-refractivity contribution in [1.29, 1.82) is 0 Å². The molecule has 0 aromatic heterocycles. The van der Waals surface area contributed by atoms with E-state index >= 15 is 0 Å². The minimum Gasteiger partial charge on any atom is -0.505 e. The molecule has 0 aliphatic rings. The summed E-state index contributed by atoms with van der Waals surface area (Å²) in [5, 5.41) is 9.73. The van der Waals surface area contributed by atoms with Crippen LogP contribution in [0.25, 0.3) is 11.1 Å². The summed E-state index contributed by atoms with van der Waals surface area (Å²) in [7, 11) is 0. The molecule has 16 heavy (non-hydrogen) atoms. The Kier molecular flexibility index (Phi) is 2.84. The second-order valence-electron chi connectivity index (χ2n) is 3.63. The Labute approximate surface area is 98.1 Å². The number of phenolic OH excluding ortho intramolecular Hbond substituents is 1. The van der Waals surface area contributed by atoms with Gasteiger partial charge in [0.2, 0.25) is 0 Å². The van der Waals surface area contributed by atoms with E-state index in [4.69, 9.17) is 16.7 Å². The lowest BCUT2D eigenvalue weighted by molar-refractivity contribution is 0.432. The van der Waals surface area contributed by atoms with Gasteiger partial charge >= 0.3 is 0 Å². The molecule has 2 aromatic rings. The summed E-state index contributed by atoms with van der Waals surface area (Å²) in [5.74, 6) is -0.976. The minimum atomic E-state index is -0.630. The standard InChI is InChI=1S/C13H10ClFO/c1-8-2-3-9(6-11(8)14)10-4-5-13(16)12(15)7-10/h2-7,16H,1H3. The lowest BCUT2D eigenvalue weighted by Gasteiger charge is -2.05. The quantitative estimate of drug-likeness (QED) is 0.788. The fourth-order valence-electron chi connectivity index (χ4n) is 1.46. The summed E-state index contributed by atoms with van der Waals surface area (Å²) in [4.78, 5) is 0. The smallest absolute Gasteiger partial charge is 0.165 e. The molecule has 1 N–H and O–H groups in total.